The Kier molecular flexibility index (Phi) is 4.21. The Balaban J connectivity index is 2.21. The van der Waals surface area contributed by atoms with Crippen LogP contribution in [0, 0.1) is 23.0 Å². The molecule has 0 spiro atoms. The molecule has 1 amide bonds. The fourth-order valence-electron chi connectivity index (χ4n) is 2.48. The van der Waals surface area contributed by atoms with Crippen LogP contribution < -0.4 is 0 Å². The fourth-order valence-corrected chi connectivity index (χ4v) is 2.48. The average molecular weight is 291 g/mol. The smallest absolute Gasteiger partial charge is 0.273 e. The van der Waals surface area contributed by atoms with Gasteiger partial charge in [0.15, 0.2) is 0 Å². The average Bonchev–Trinajstić information content (AvgIpc) is 2.46. The quantitative estimate of drug-likeness (QED) is 0.513. The van der Waals surface area contributed by atoms with Gasteiger partial charge in [-0.1, -0.05) is 18.1 Å². The molecule has 1 aliphatic rings. The van der Waals surface area contributed by atoms with Crippen molar-refractivity contribution in [2.75, 3.05) is 13.1 Å². The summed E-state index contributed by atoms with van der Waals surface area (Å²) >= 11 is 0. The number of oxime groups is 1. The number of benzene rings is 1. The Morgan fingerprint density at radius 1 is 1.52 bits per heavy atom. The molecule has 0 aliphatic carbocycles. The predicted octanol–water partition coefficient (Wildman–Crippen LogP) is 2.22. The number of amides is 1. The molecule has 1 aliphatic heterocycles. The molecule has 1 aromatic rings. The normalized spacial score (nSPS) is 20.6. The Labute approximate surface area is 122 Å². The summed E-state index contributed by atoms with van der Waals surface area (Å²) in [6, 6.07) is 4.50. The van der Waals surface area contributed by atoms with Gasteiger partial charge in [0.2, 0.25) is 0 Å². The summed E-state index contributed by atoms with van der Waals surface area (Å²) in [5, 5.41) is 23.0. The molecule has 7 heteroatoms. The molecular weight excluding hydrogens is 274 g/mol. The van der Waals surface area contributed by atoms with Crippen molar-refractivity contribution in [3.8, 4) is 0 Å². The maximum atomic E-state index is 12.4. The zero-order valence-corrected chi connectivity index (χ0v) is 11.9. The van der Waals surface area contributed by atoms with Crippen molar-refractivity contribution in [3.05, 3.63) is 39.4 Å². The number of nitro groups is 1. The summed E-state index contributed by atoms with van der Waals surface area (Å²) in [6.07, 6.45) is 0.511. The first-order valence-electron chi connectivity index (χ1n) is 6.69. The highest BCUT2D eigenvalue weighted by Crippen LogP contribution is 2.22. The van der Waals surface area contributed by atoms with Gasteiger partial charge in [-0.15, -0.1) is 0 Å². The van der Waals surface area contributed by atoms with Crippen LogP contribution in [0.5, 0.6) is 0 Å². The van der Waals surface area contributed by atoms with Crippen LogP contribution in [0.2, 0.25) is 0 Å². The minimum atomic E-state index is -0.485. The second-order valence-corrected chi connectivity index (χ2v) is 5.25. The van der Waals surface area contributed by atoms with Crippen LogP contribution >= 0.6 is 0 Å². The lowest BCUT2D eigenvalue weighted by Gasteiger charge is -2.31. The summed E-state index contributed by atoms with van der Waals surface area (Å²) in [4.78, 5) is 24.5. The van der Waals surface area contributed by atoms with Gasteiger partial charge in [0.25, 0.3) is 11.6 Å². The van der Waals surface area contributed by atoms with Gasteiger partial charge in [0.1, 0.15) is 0 Å². The van der Waals surface area contributed by atoms with E-state index in [4.69, 9.17) is 5.21 Å². The van der Waals surface area contributed by atoms with Gasteiger partial charge in [-0.05, 0) is 13.0 Å². The summed E-state index contributed by atoms with van der Waals surface area (Å²) in [7, 11) is 0. The van der Waals surface area contributed by atoms with E-state index in [0.717, 1.165) is 0 Å². The predicted molar refractivity (Wildman–Crippen MR) is 76.7 cm³/mol. The molecule has 1 atom stereocenters. The van der Waals surface area contributed by atoms with E-state index in [1.807, 2.05) is 6.92 Å². The third kappa shape index (κ3) is 3.01. The second kappa shape index (κ2) is 5.90. The molecule has 7 nitrogen and oxygen atoms in total. The van der Waals surface area contributed by atoms with E-state index in [-0.39, 0.29) is 17.5 Å². The van der Waals surface area contributed by atoms with Crippen LogP contribution in [-0.4, -0.2) is 39.7 Å². The van der Waals surface area contributed by atoms with Crippen LogP contribution in [0.25, 0.3) is 0 Å². The third-order valence-corrected chi connectivity index (χ3v) is 3.77. The first kappa shape index (κ1) is 15.0. The number of aryl methyl sites for hydroxylation is 1. The molecule has 112 valence electrons. The van der Waals surface area contributed by atoms with Gasteiger partial charge in [0.05, 0.1) is 10.6 Å². The lowest BCUT2D eigenvalue weighted by atomic mass is 9.97. The SMILES string of the molecule is Cc1ccc(C(=O)N2CC/C(=N\O)C(C)C2)cc1[N+](=O)[O-]. The zero-order valence-electron chi connectivity index (χ0n) is 11.9. The van der Waals surface area contributed by atoms with E-state index < -0.39 is 4.92 Å². The lowest BCUT2D eigenvalue weighted by Crippen LogP contribution is -2.43. The molecule has 0 saturated carbocycles. The van der Waals surface area contributed by atoms with Crippen molar-refractivity contribution in [1.82, 2.24) is 4.90 Å². The number of rotatable bonds is 2. The maximum Gasteiger partial charge on any atom is 0.273 e. The largest absolute Gasteiger partial charge is 0.411 e. The van der Waals surface area contributed by atoms with Crippen molar-refractivity contribution in [1.29, 1.82) is 0 Å². The molecule has 1 fully saturated rings. The van der Waals surface area contributed by atoms with E-state index in [2.05, 4.69) is 5.16 Å². The number of hydrogen-bond acceptors (Lipinski definition) is 5. The summed E-state index contributed by atoms with van der Waals surface area (Å²) in [6.45, 7) is 4.41. The lowest BCUT2D eigenvalue weighted by molar-refractivity contribution is -0.385. The van der Waals surface area contributed by atoms with E-state index >= 15 is 0 Å². The van der Waals surface area contributed by atoms with E-state index in [9.17, 15) is 14.9 Å². The maximum absolute atomic E-state index is 12.4. The molecule has 1 aromatic carbocycles. The molecule has 0 radical (unpaired) electrons. The topological polar surface area (TPSA) is 96.0 Å². The Morgan fingerprint density at radius 3 is 2.81 bits per heavy atom. The van der Waals surface area contributed by atoms with Crippen molar-refractivity contribution >= 4 is 17.3 Å². The van der Waals surface area contributed by atoms with Gasteiger partial charge in [0, 0.05) is 42.6 Å². The van der Waals surface area contributed by atoms with Gasteiger partial charge in [-0.25, -0.2) is 0 Å². The second-order valence-electron chi connectivity index (χ2n) is 5.25. The van der Waals surface area contributed by atoms with Gasteiger partial charge >= 0.3 is 0 Å². The molecule has 2 rings (SSSR count). The van der Waals surface area contributed by atoms with Crippen LogP contribution in [0.3, 0.4) is 0 Å². The Bertz CT molecular complexity index is 612. The summed E-state index contributed by atoms with van der Waals surface area (Å²) in [5.41, 5.74) is 1.46. The minimum absolute atomic E-state index is 0.0202. The van der Waals surface area contributed by atoms with Gasteiger partial charge in [-0.3, -0.25) is 14.9 Å². The van der Waals surface area contributed by atoms with Crippen molar-refractivity contribution in [3.63, 3.8) is 0 Å². The zero-order chi connectivity index (χ0) is 15.6. The summed E-state index contributed by atoms with van der Waals surface area (Å²) < 4.78 is 0. The van der Waals surface area contributed by atoms with E-state index in [0.29, 0.717) is 36.3 Å². The van der Waals surface area contributed by atoms with Crippen molar-refractivity contribution in [2.45, 2.75) is 20.3 Å². The number of hydrogen-bond donors (Lipinski definition) is 1. The highest BCUT2D eigenvalue weighted by Gasteiger charge is 2.27. The molecule has 0 bridgehead atoms. The standard InChI is InChI=1S/C14H17N3O4/c1-9-3-4-11(7-13(9)17(20)21)14(18)16-6-5-12(15-19)10(2)8-16/h3-4,7,10,19H,5-6,8H2,1-2H3/b15-12+. The van der Waals surface area contributed by atoms with Crippen LogP contribution in [0.15, 0.2) is 23.4 Å². The molecule has 1 heterocycles. The van der Waals surface area contributed by atoms with E-state index in [1.165, 1.54) is 6.07 Å². The Morgan fingerprint density at radius 2 is 2.24 bits per heavy atom. The molecule has 0 aromatic heterocycles. The first-order valence-corrected chi connectivity index (χ1v) is 6.69. The van der Waals surface area contributed by atoms with Crippen LogP contribution in [-0.2, 0) is 0 Å². The first-order chi connectivity index (χ1) is 9.93. The van der Waals surface area contributed by atoms with Crippen molar-refractivity contribution < 1.29 is 14.9 Å². The van der Waals surface area contributed by atoms with Gasteiger partial charge in [-0.2, -0.15) is 0 Å². The number of likely N-dealkylation sites (tertiary alicyclic amines) is 1. The number of nitro benzene ring substituents is 1. The Hall–Kier alpha value is -2.44. The number of carbonyl (C=O) groups excluding carboxylic acids is 1. The molecule has 1 unspecified atom stereocenters. The number of carbonyl (C=O) groups is 1. The number of piperidine rings is 1. The van der Waals surface area contributed by atoms with Crippen molar-refractivity contribution in [2.24, 2.45) is 11.1 Å². The number of nitrogens with zero attached hydrogens (tertiary/aromatic N) is 3. The molecule has 1 N–H and O–H groups in total. The van der Waals surface area contributed by atoms with Crippen LogP contribution in [0.1, 0.15) is 29.3 Å². The third-order valence-electron chi connectivity index (χ3n) is 3.77. The fraction of sp³-hybridized carbons (Fsp3) is 0.429. The molecule has 1 saturated heterocycles. The highest BCUT2D eigenvalue weighted by atomic mass is 16.6. The van der Waals surface area contributed by atoms with Gasteiger partial charge < -0.3 is 10.1 Å². The monoisotopic (exact) mass is 291 g/mol. The molecule has 21 heavy (non-hydrogen) atoms. The highest BCUT2D eigenvalue weighted by molar-refractivity contribution is 5.97. The summed E-state index contributed by atoms with van der Waals surface area (Å²) in [5.74, 6) is -0.255. The van der Waals surface area contributed by atoms with Crippen LogP contribution in [0.4, 0.5) is 5.69 Å². The molecular formula is C14H17N3O4. The minimum Gasteiger partial charge on any atom is -0.411 e. The van der Waals surface area contributed by atoms with E-state index in [1.54, 1.807) is 24.0 Å².